The Morgan fingerprint density at radius 3 is 2.54 bits per heavy atom. The van der Waals surface area contributed by atoms with Gasteiger partial charge in [-0.15, -0.1) is 0 Å². The first-order valence-corrected chi connectivity index (χ1v) is 9.27. The minimum absolute atomic E-state index is 0.0884. The van der Waals surface area contributed by atoms with Crippen LogP contribution in [0.1, 0.15) is 17.0 Å². The molecule has 0 aliphatic carbocycles. The number of hydrogen-bond acceptors (Lipinski definition) is 5. The minimum atomic E-state index is -4.55. The number of aromatic nitrogens is 2. The van der Waals surface area contributed by atoms with Crippen molar-refractivity contribution in [2.45, 2.75) is 24.4 Å². The molecular formula is C19H16F3N3O2S. The van der Waals surface area contributed by atoms with Crippen molar-refractivity contribution >= 4 is 17.7 Å². The Morgan fingerprint density at radius 1 is 1.07 bits per heavy atom. The average molecular weight is 407 g/mol. The van der Waals surface area contributed by atoms with Crippen molar-refractivity contribution in [3.8, 4) is 0 Å². The van der Waals surface area contributed by atoms with Crippen LogP contribution >= 0.6 is 11.8 Å². The van der Waals surface area contributed by atoms with Crippen LogP contribution in [0.2, 0.25) is 0 Å². The Balaban J connectivity index is 1.68. The van der Waals surface area contributed by atoms with Crippen molar-refractivity contribution in [2.75, 3.05) is 5.75 Å². The molecule has 2 heterocycles. The van der Waals surface area contributed by atoms with Gasteiger partial charge in [-0.2, -0.15) is 13.2 Å². The van der Waals surface area contributed by atoms with E-state index in [-0.39, 0.29) is 23.4 Å². The number of alkyl halides is 3. The van der Waals surface area contributed by atoms with Gasteiger partial charge in [-0.3, -0.25) is 4.79 Å². The van der Waals surface area contributed by atoms with Crippen LogP contribution in [-0.4, -0.2) is 26.5 Å². The van der Waals surface area contributed by atoms with Crippen LogP contribution in [0.5, 0.6) is 0 Å². The van der Waals surface area contributed by atoms with Crippen LogP contribution in [0.4, 0.5) is 13.2 Å². The summed E-state index contributed by atoms with van der Waals surface area (Å²) < 4.78 is 43.6. The first-order valence-electron chi connectivity index (χ1n) is 8.29. The van der Waals surface area contributed by atoms with Gasteiger partial charge < -0.3 is 9.32 Å². The zero-order chi connectivity index (χ0) is 20.0. The van der Waals surface area contributed by atoms with Gasteiger partial charge >= 0.3 is 6.18 Å². The van der Waals surface area contributed by atoms with E-state index in [2.05, 4.69) is 9.97 Å². The summed E-state index contributed by atoms with van der Waals surface area (Å²) >= 11 is 0.866. The van der Waals surface area contributed by atoms with Crippen molar-refractivity contribution in [1.82, 2.24) is 14.9 Å². The second-order valence-electron chi connectivity index (χ2n) is 5.83. The molecule has 3 rings (SSSR count). The molecular weight excluding hydrogens is 391 g/mol. The van der Waals surface area contributed by atoms with Gasteiger partial charge in [0.1, 0.15) is 11.5 Å². The molecule has 1 aromatic carbocycles. The Labute approximate surface area is 163 Å². The lowest BCUT2D eigenvalue weighted by Gasteiger charge is -2.21. The number of nitrogens with zero attached hydrogens (tertiary/aromatic N) is 3. The maximum absolute atomic E-state index is 12.8. The van der Waals surface area contributed by atoms with Crippen LogP contribution in [0.25, 0.3) is 0 Å². The molecule has 0 saturated heterocycles. The molecule has 9 heteroatoms. The first-order chi connectivity index (χ1) is 13.4. The Hall–Kier alpha value is -2.81. The van der Waals surface area contributed by atoms with Crippen LogP contribution < -0.4 is 0 Å². The van der Waals surface area contributed by atoms with Crippen LogP contribution in [-0.2, 0) is 24.1 Å². The normalized spacial score (nSPS) is 11.4. The van der Waals surface area contributed by atoms with Crippen molar-refractivity contribution in [2.24, 2.45) is 0 Å². The third-order valence-electron chi connectivity index (χ3n) is 3.74. The second-order valence-corrected chi connectivity index (χ2v) is 6.77. The van der Waals surface area contributed by atoms with E-state index in [4.69, 9.17) is 4.42 Å². The summed E-state index contributed by atoms with van der Waals surface area (Å²) in [6, 6.07) is 13.7. The summed E-state index contributed by atoms with van der Waals surface area (Å²) in [5.74, 6) is 0.269. The number of carbonyl (C=O) groups excluding carboxylic acids is 1. The minimum Gasteiger partial charge on any atom is -0.467 e. The third-order valence-corrected chi connectivity index (χ3v) is 4.59. The molecule has 28 heavy (non-hydrogen) atoms. The van der Waals surface area contributed by atoms with Crippen LogP contribution in [0.3, 0.4) is 0 Å². The number of benzene rings is 1. The standard InChI is InChI=1S/C19H16F3N3O2S/c20-19(21,22)16-8-9-23-18(24-16)28-13-17(26)25(12-15-7-4-10-27-15)11-14-5-2-1-3-6-14/h1-10H,11-13H2. The predicted molar refractivity (Wildman–Crippen MR) is 97.2 cm³/mol. The highest BCUT2D eigenvalue weighted by atomic mass is 32.2. The zero-order valence-electron chi connectivity index (χ0n) is 14.6. The van der Waals surface area contributed by atoms with Crippen molar-refractivity contribution in [3.63, 3.8) is 0 Å². The second kappa shape index (κ2) is 8.92. The Kier molecular flexibility index (Phi) is 6.35. The summed E-state index contributed by atoms with van der Waals surface area (Å²) in [7, 11) is 0. The summed E-state index contributed by atoms with van der Waals surface area (Å²) in [6.45, 7) is 0.606. The van der Waals surface area contributed by atoms with Gasteiger partial charge in [-0.25, -0.2) is 9.97 Å². The summed E-state index contributed by atoms with van der Waals surface area (Å²) in [4.78, 5) is 21.6. The Morgan fingerprint density at radius 2 is 1.86 bits per heavy atom. The molecule has 0 spiro atoms. The number of furan rings is 1. The third kappa shape index (κ3) is 5.59. The molecule has 0 fully saturated rings. The summed E-state index contributed by atoms with van der Waals surface area (Å²) in [5, 5.41) is -0.0964. The maximum atomic E-state index is 12.8. The molecule has 0 aliphatic rings. The maximum Gasteiger partial charge on any atom is 0.433 e. The van der Waals surface area contributed by atoms with E-state index in [1.165, 1.54) is 6.26 Å². The van der Waals surface area contributed by atoms with E-state index in [9.17, 15) is 18.0 Å². The molecule has 5 nitrogen and oxygen atoms in total. The lowest BCUT2D eigenvalue weighted by molar-refractivity contribution is -0.141. The van der Waals surface area contributed by atoms with Crippen molar-refractivity contribution < 1.29 is 22.4 Å². The zero-order valence-corrected chi connectivity index (χ0v) is 15.4. The number of carbonyl (C=O) groups is 1. The molecule has 2 aromatic heterocycles. The molecule has 1 amide bonds. The van der Waals surface area contributed by atoms with Gasteiger partial charge in [0.2, 0.25) is 5.91 Å². The lowest BCUT2D eigenvalue weighted by atomic mass is 10.2. The smallest absolute Gasteiger partial charge is 0.433 e. The molecule has 0 bridgehead atoms. The van der Waals surface area contributed by atoms with E-state index in [0.29, 0.717) is 12.3 Å². The van der Waals surface area contributed by atoms with E-state index >= 15 is 0 Å². The van der Waals surface area contributed by atoms with Gasteiger partial charge in [-0.1, -0.05) is 42.1 Å². The van der Waals surface area contributed by atoms with Crippen LogP contribution in [0.15, 0.2) is 70.6 Å². The predicted octanol–water partition coefficient (Wildman–Crippen LogP) is 4.41. The van der Waals surface area contributed by atoms with E-state index in [1.54, 1.807) is 17.0 Å². The molecule has 0 saturated carbocycles. The first kappa shape index (κ1) is 19.9. The number of halogens is 3. The highest BCUT2D eigenvalue weighted by Crippen LogP contribution is 2.28. The van der Waals surface area contributed by atoms with Gasteiger partial charge in [0.05, 0.1) is 18.6 Å². The fraction of sp³-hybridized carbons (Fsp3) is 0.211. The average Bonchev–Trinajstić information content (AvgIpc) is 3.19. The summed E-state index contributed by atoms with van der Waals surface area (Å²) in [5.41, 5.74) is -0.100. The molecule has 0 aliphatic heterocycles. The molecule has 0 N–H and O–H groups in total. The highest BCUT2D eigenvalue weighted by Gasteiger charge is 2.32. The van der Waals surface area contributed by atoms with Crippen LogP contribution in [0, 0.1) is 0 Å². The van der Waals surface area contributed by atoms with E-state index < -0.39 is 11.9 Å². The fourth-order valence-corrected chi connectivity index (χ4v) is 3.15. The van der Waals surface area contributed by atoms with E-state index in [1.807, 2.05) is 30.3 Å². The van der Waals surface area contributed by atoms with Crippen molar-refractivity contribution in [1.29, 1.82) is 0 Å². The molecule has 0 radical (unpaired) electrons. The molecule has 146 valence electrons. The summed E-state index contributed by atoms with van der Waals surface area (Å²) in [6.07, 6.45) is -2.00. The lowest BCUT2D eigenvalue weighted by Crippen LogP contribution is -2.31. The highest BCUT2D eigenvalue weighted by molar-refractivity contribution is 7.99. The topological polar surface area (TPSA) is 59.2 Å². The number of amides is 1. The fourth-order valence-electron chi connectivity index (χ4n) is 2.41. The quantitative estimate of drug-likeness (QED) is 0.429. The van der Waals surface area contributed by atoms with Gasteiger partial charge in [0, 0.05) is 12.7 Å². The monoisotopic (exact) mass is 407 g/mol. The Bertz CT molecular complexity index is 902. The number of thioether (sulfide) groups is 1. The number of rotatable bonds is 7. The molecule has 0 atom stereocenters. The van der Waals surface area contributed by atoms with Gasteiger partial charge in [0.25, 0.3) is 0 Å². The molecule has 0 unspecified atom stereocenters. The van der Waals surface area contributed by atoms with E-state index in [0.717, 1.165) is 29.6 Å². The largest absolute Gasteiger partial charge is 0.467 e. The molecule has 3 aromatic rings. The number of hydrogen-bond donors (Lipinski definition) is 0. The SMILES string of the molecule is O=C(CSc1nccc(C(F)(F)F)n1)N(Cc1ccccc1)Cc1ccco1. The van der Waals surface area contributed by atoms with Gasteiger partial charge in [-0.05, 0) is 23.8 Å². The van der Waals surface area contributed by atoms with Crippen molar-refractivity contribution in [3.05, 3.63) is 78.0 Å². The van der Waals surface area contributed by atoms with Gasteiger partial charge in [0.15, 0.2) is 5.16 Å².